The van der Waals surface area contributed by atoms with Crippen LogP contribution in [0.4, 0.5) is 34.3 Å². The molecule has 1 aromatic heterocycles. The summed E-state index contributed by atoms with van der Waals surface area (Å²) < 4.78 is 100. The second-order valence-corrected chi connectivity index (χ2v) is 18.6. The van der Waals surface area contributed by atoms with Crippen molar-refractivity contribution in [2.45, 2.75) is 36.5 Å². The second kappa shape index (κ2) is 19.2. The first-order valence-electron chi connectivity index (χ1n) is 17.6. The molecule has 324 valence electrons. The molecule has 1 heterocycles. The molecule has 0 saturated heterocycles. The molecular formula is C37H32Cl3N8O11S3+. The zero-order chi connectivity index (χ0) is 45.7. The Balaban J connectivity index is 1.67. The maximum absolute atomic E-state index is 12.4. The Bertz CT molecular complexity index is 3000. The van der Waals surface area contributed by atoms with E-state index in [-0.39, 0.29) is 61.3 Å². The van der Waals surface area contributed by atoms with Crippen LogP contribution in [-0.2, 0) is 39.9 Å². The lowest BCUT2D eigenvalue weighted by Gasteiger charge is -2.24. The van der Waals surface area contributed by atoms with Crippen LogP contribution in [0.25, 0.3) is 16.9 Å². The largest absolute Gasteiger partial charge is 0.437 e. The summed E-state index contributed by atoms with van der Waals surface area (Å²) in [7, 11) is -14.3. The Hall–Kier alpha value is -5.57. The lowest BCUT2D eigenvalue weighted by Crippen LogP contribution is -2.24. The molecule has 62 heavy (non-hydrogen) atoms. The third-order valence-corrected chi connectivity index (χ3v) is 12.1. The number of nitrogens with zero attached hydrogens (tertiary/aromatic N) is 7. The molecule has 0 radical (unpaired) electrons. The van der Waals surface area contributed by atoms with Gasteiger partial charge in [0, 0.05) is 55.5 Å². The molecule has 5 aromatic rings. The Kier molecular flexibility index (Phi) is 14.7. The molecule has 19 nitrogen and oxygen atoms in total. The van der Waals surface area contributed by atoms with Crippen molar-refractivity contribution in [2.75, 3.05) is 29.1 Å². The number of anilines is 2. The SMILES string of the molecule is CCN(CCCCS(=O)(=O)O)c1ccc(N=Nc2c(C#N)c(-c3ccccc3Cl)nn2-c2c(Cl)cc([N+](=C=O)c3cc(S(=O)(=O)O)cc(S(=O)(=O)O)c3)cc2Cl)c(NC(C)=O)c1. The van der Waals surface area contributed by atoms with Crippen LogP contribution in [0.1, 0.15) is 32.3 Å². The highest BCUT2D eigenvalue weighted by Crippen LogP contribution is 2.42. The minimum Gasteiger partial charge on any atom is -0.372 e. The van der Waals surface area contributed by atoms with Crippen molar-refractivity contribution < 1.29 is 48.5 Å². The summed E-state index contributed by atoms with van der Waals surface area (Å²) in [6, 6.07) is 17.5. The number of aromatic nitrogens is 2. The highest BCUT2D eigenvalue weighted by atomic mass is 35.5. The maximum Gasteiger partial charge on any atom is 0.437 e. The van der Waals surface area contributed by atoms with E-state index in [1.54, 1.807) is 36.4 Å². The lowest BCUT2D eigenvalue weighted by atomic mass is 10.1. The number of amides is 1. The van der Waals surface area contributed by atoms with Gasteiger partial charge >= 0.3 is 6.08 Å². The van der Waals surface area contributed by atoms with Crippen molar-refractivity contribution in [1.82, 2.24) is 14.4 Å². The first-order chi connectivity index (χ1) is 29.1. The van der Waals surface area contributed by atoms with Gasteiger partial charge in [-0.1, -0.05) is 57.6 Å². The van der Waals surface area contributed by atoms with E-state index in [1.807, 2.05) is 11.8 Å². The summed E-state index contributed by atoms with van der Waals surface area (Å²) in [5.74, 6) is -1.10. The van der Waals surface area contributed by atoms with Crippen molar-refractivity contribution in [2.24, 2.45) is 10.2 Å². The van der Waals surface area contributed by atoms with E-state index in [1.165, 1.54) is 19.1 Å². The number of benzene rings is 4. The number of nitrogens with one attached hydrogen (secondary N) is 1. The van der Waals surface area contributed by atoms with Gasteiger partial charge < -0.3 is 10.2 Å². The fourth-order valence-electron chi connectivity index (χ4n) is 5.98. The second-order valence-electron chi connectivity index (χ2n) is 13.0. The number of hydrogen-bond donors (Lipinski definition) is 4. The summed E-state index contributed by atoms with van der Waals surface area (Å²) in [6.45, 7) is 4.05. The monoisotopic (exact) mass is 965 g/mol. The van der Waals surface area contributed by atoms with E-state index in [0.29, 0.717) is 41.4 Å². The van der Waals surface area contributed by atoms with E-state index in [4.69, 9.17) is 39.4 Å². The molecule has 0 fully saturated rings. The number of halogens is 3. The first-order valence-corrected chi connectivity index (χ1v) is 23.3. The van der Waals surface area contributed by atoms with Crippen molar-refractivity contribution in [3.63, 3.8) is 0 Å². The molecule has 0 unspecified atom stereocenters. The lowest BCUT2D eigenvalue weighted by molar-refractivity contribution is -0.114. The van der Waals surface area contributed by atoms with Gasteiger partial charge in [-0.2, -0.15) is 40.4 Å². The van der Waals surface area contributed by atoms with Gasteiger partial charge in [0.2, 0.25) is 17.3 Å². The predicted molar refractivity (Wildman–Crippen MR) is 230 cm³/mol. The van der Waals surface area contributed by atoms with Crippen LogP contribution in [0.15, 0.2) is 92.8 Å². The minimum absolute atomic E-state index is 0.0101. The van der Waals surface area contributed by atoms with Gasteiger partial charge in [-0.05, 0) is 50.1 Å². The standard InChI is InChI=1S/C37H31Cl3N8O11S3/c1-3-46(12-6-7-13-60(51,52)53)23-10-11-33(34(18-23)42-22(2)50)43-44-37-29(20-41)35(28-8-4-5-9-30(28)38)45-48(37)36-31(39)16-25(17-32(36)40)47(21-49)24-14-26(61(54,55)56)19-27(15-24)62(57,58)59/h4-5,8-11,14-19H,3,6-7,12-13H2,1-2H3,(H3-,42,44,45,50,51,52,53,54,55,56,57,58,59)/p+1. The van der Waals surface area contributed by atoms with Crippen LogP contribution in [0.5, 0.6) is 0 Å². The Labute approximate surface area is 369 Å². The van der Waals surface area contributed by atoms with Crippen molar-refractivity contribution >= 4 is 111 Å². The maximum atomic E-state index is 12.4. The number of carbonyl (C=O) groups excluding carboxylic acids is 2. The van der Waals surface area contributed by atoms with Gasteiger partial charge in [-0.25, -0.2) is 4.68 Å². The molecule has 0 spiro atoms. The molecule has 5 rings (SSSR count). The number of rotatable bonds is 16. The molecule has 4 N–H and O–H groups in total. The van der Waals surface area contributed by atoms with Crippen molar-refractivity contribution in [1.29, 1.82) is 5.26 Å². The van der Waals surface area contributed by atoms with Gasteiger partial charge in [-0.15, -0.1) is 10.2 Å². The Morgan fingerprint density at radius 3 is 2.02 bits per heavy atom. The molecule has 1 amide bonds. The number of isocyanates is 1. The average Bonchev–Trinajstić information content (AvgIpc) is 3.53. The molecule has 0 bridgehead atoms. The van der Waals surface area contributed by atoms with Crippen LogP contribution >= 0.6 is 34.8 Å². The molecule has 0 aliphatic carbocycles. The molecule has 0 aliphatic rings. The molecule has 25 heteroatoms. The molecular weight excluding hydrogens is 935 g/mol. The van der Waals surface area contributed by atoms with E-state index in [2.05, 4.69) is 26.7 Å². The third-order valence-electron chi connectivity index (χ3n) is 8.75. The van der Waals surface area contributed by atoms with Gasteiger partial charge in [0.25, 0.3) is 30.4 Å². The summed E-state index contributed by atoms with van der Waals surface area (Å²) >= 11 is 20.1. The number of carbonyl (C=O) groups is 1. The normalized spacial score (nSPS) is 11.9. The summed E-state index contributed by atoms with van der Waals surface area (Å²) in [5, 5.41) is 26.2. The highest BCUT2D eigenvalue weighted by molar-refractivity contribution is 7.86. The first kappa shape index (κ1) is 47.5. The van der Waals surface area contributed by atoms with Crippen LogP contribution in [-0.4, -0.2) is 79.5 Å². The fraction of sp³-hybridized carbons (Fsp3) is 0.189. The van der Waals surface area contributed by atoms with Crippen LogP contribution < -0.4 is 14.8 Å². The van der Waals surface area contributed by atoms with Crippen molar-refractivity contribution in [3.05, 3.63) is 93.4 Å². The van der Waals surface area contributed by atoms with Crippen LogP contribution in [0, 0.1) is 11.3 Å². The predicted octanol–water partition coefficient (Wildman–Crippen LogP) is 7.90. The zero-order valence-corrected chi connectivity index (χ0v) is 36.8. The topological polar surface area (TPSA) is 282 Å². The van der Waals surface area contributed by atoms with Crippen molar-refractivity contribution in [3.8, 4) is 23.0 Å². The van der Waals surface area contributed by atoms with Gasteiger partial charge in [-0.3, -0.25) is 18.5 Å². The summed E-state index contributed by atoms with van der Waals surface area (Å²) in [6.07, 6.45) is 2.12. The van der Waals surface area contributed by atoms with Crippen LogP contribution in [0.3, 0.4) is 0 Å². The zero-order valence-electron chi connectivity index (χ0n) is 32.1. The van der Waals surface area contributed by atoms with E-state index in [9.17, 15) is 49.2 Å². The van der Waals surface area contributed by atoms with Gasteiger partial charge in [0.05, 0.1) is 26.5 Å². The average molecular weight is 967 g/mol. The number of nitriles is 1. The minimum atomic E-state index is -5.07. The molecule has 0 atom stereocenters. The number of unbranched alkanes of at least 4 members (excludes halogenated alkanes) is 1. The smallest absolute Gasteiger partial charge is 0.372 e. The Morgan fingerprint density at radius 1 is 0.871 bits per heavy atom. The summed E-state index contributed by atoms with van der Waals surface area (Å²) in [5.41, 5.74) is 0.205. The number of azo groups is 1. The van der Waals surface area contributed by atoms with E-state index < -0.39 is 57.5 Å². The quantitative estimate of drug-likeness (QED) is 0.0183. The summed E-state index contributed by atoms with van der Waals surface area (Å²) in [4.78, 5) is 24.6. The van der Waals surface area contributed by atoms with E-state index in [0.717, 1.165) is 28.9 Å². The third kappa shape index (κ3) is 11.3. The van der Waals surface area contributed by atoms with Gasteiger partial charge in [0.15, 0.2) is 5.82 Å². The van der Waals surface area contributed by atoms with E-state index >= 15 is 0 Å². The highest BCUT2D eigenvalue weighted by Gasteiger charge is 2.29. The molecule has 0 saturated carbocycles. The Morgan fingerprint density at radius 2 is 1.48 bits per heavy atom. The molecule has 0 aliphatic heterocycles. The molecule has 4 aromatic carbocycles. The van der Waals surface area contributed by atoms with Gasteiger partial charge in [0.1, 0.15) is 38.5 Å². The fourth-order valence-corrected chi connectivity index (χ4v) is 8.58. The number of hydrogen-bond acceptors (Lipinski definition) is 13. The van der Waals surface area contributed by atoms with Crippen LogP contribution in [0.2, 0.25) is 15.1 Å².